The van der Waals surface area contributed by atoms with Gasteiger partial charge in [-0.25, -0.2) is 0 Å². The standard InChI is InChI=1S/C12H17BrN4S/c1-8-12(13)11(17(2)16-8)7-9(15-14)6-10-4-3-5-18-10/h3-5,9,15H,6-7,14H2,1-2H3. The average Bonchev–Trinajstić information content (AvgIpc) is 2.92. The summed E-state index contributed by atoms with van der Waals surface area (Å²) in [5, 5.41) is 6.49. The molecular weight excluding hydrogens is 312 g/mol. The van der Waals surface area contributed by atoms with Crippen molar-refractivity contribution in [3.63, 3.8) is 0 Å². The van der Waals surface area contributed by atoms with E-state index in [4.69, 9.17) is 5.84 Å². The molecule has 0 aromatic carbocycles. The van der Waals surface area contributed by atoms with Crippen molar-refractivity contribution >= 4 is 27.3 Å². The maximum Gasteiger partial charge on any atom is 0.0738 e. The number of aryl methyl sites for hydroxylation is 2. The normalized spacial score (nSPS) is 12.9. The monoisotopic (exact) mass is 328 g/mol. The first-order valence-electron chi connectivity index (χ1n) is 5.78. The molecule has 0 saturated heterocycles. The van der Waals surface area contributed by atoms with E-state index in [2.05, 4.69) is 44.0 Å². The second-order valence-corrected chi connectivity index (χ2v) is 6.15. The van der Waals surface area contributed by atoms with Gasteiger partial charge in [-0.15, -0.1) is 11.3 Å². The molecule has 18 heavy (non-hydrogen) atoms. The van der Waals surface area contributed by atoms with E-state index in [0.29, 0.717) is 0 Å². The largest absolute Gasteiger partial charge is 0.271 e. The molecule has 0 fully saturated rings. The third kappa shape index (κ3) is 3.00. The van der Waals surface area contributed by atoms with Crippen molar-refractivity contribution < 1.29 is 0 Å². The van der Waals surface area contributed by atoms with Crippen molar-refractivity contribution in [2.45, 2.75) is 25.8 Å². The molecule has 4 nitrogen and oxygen atoms in total. The van der Waals surface area contributed by atoms with Crippen LogP contribution in [0.1, 0.15) is 16.3 Å². The number of hydrogen-bond acceptors (Lipinski definition) is 4. The number of hydrazine groups is 1. The summed E-state index contributed by atoms with van der Waals surface area (Å²) in [6, 6.07) is 4.42. The maximum atomic E-state index is 5.65. The van der Waals surface area contributed by atoms with Gasteiger partial charge >= 0.3 is 0 Å². The molecular formula is C12H17BrN4S. The molecule has 3 N–H and O–H groups in total. The third-order valence-electron chi connectivity index (χ3n) is 2.96. The number of hydrogen-bond donors (Lipinski definition) is 2. The second kappa shape index (κ2) is 5.97. The highest BCUT2D eigenvalue weighted by Crippen LogP contribution is 2.22. The molecule has 2 aromatic rings. The van der Waals surface area contributed by atoms with Crippen LogP contribution in [0.2, 0.25) is 0 Å². The molecule has 0 bridgehead atoms. The van der Waals surface area contributed by atoms with Crippen molar-refractivity contribution in [3.05, 3.63) is 38.3 Å². The lowest BCUT2D eigenvalue weighted by atomic mass is 10.1. The van der Waals surface area contributed by atoms with E-state index in [9.17, 15) is 0 Å². The Bertz CT molecular complexity index is 506. The zero-order chi connectivity index (χ0) is 13.1. The minimum absolute atomic E-state index is 0.217. The highest BCUT2D eigenvalue weighted by molar-refractivity contribution is 9.10. The Morgan fingerprint density at radius 2 is 2.33 bits per heavy atom. The van der Waals surface area contributed by atoms with Gasteiger partial charge in [0.25, 0.3) is 0 Å². The van der Waals surface area contributed by atoms with E-state index in [1.807, 2.05) is 18.7 Å². The zero-order valence-corrected chi connectivity index (χ0v) is 12.9. The topological polar surface area (TPSA) is 55.9 Å². The van der Waals surface area contributed by atoms with Crippen LogP contribution < -0.4 is 11.3 Å². The summed E-state index contributed by atoms with van der Waals surface area (Å²) in [7, 11) is 1.96. The van der Waals surface area contributed by atoms with Gasteiger partial charge in [-0.05, 0) is 40.7 Å². The van der Waals surface area contributed by atoms with Crippen LogP contribution in [-0.4, -0.2) is 15.8 Å². The van der Waals surface area contributed by atoms with Crippen LogP contribution in [0, 0.1) is 6.92 Å². The number of rotatable bonds is 5. The Balaban J connectivity index is 2.10. The van der Waals surface area contributed by atoms with Crippen LogP contribution in [0.5, 0.6) is 0 Å². The number of nitrogens with two attached hydrogens (primary N) is 1. The summed E-state index contributed by atoms with van der Waals surface area (Å²) in [4.78, 5) is 1.34. The van der Waals surface area contributed by atoms with Gasteiger partial charge in [0, 0.05) is 24.4 Å². The summed E-state index contributed by atoms with van der Waals surface area (Å²) >= 11 is 5.35. The lowest BCUT2D eigenvalue weighted by molar-refractivity contribution is 0.507. The van der Waals surface area contributed by atoms with Gasteiger partial charge in [0.15, 0.2) is 0 Å². The molecule has 1 unspecified atom stereocenters. The van der Waals surface area contributed by atoms with Crippen LogP contribution in [0.15, 0.2) is 22.0 Å². The first-order valence-corrected chi connectivity index (χ1v) is 7.45. The molecule has 2 heterocycles. The summed E-state index contributed by atoms with van der Waals surface area (Å²) in [6.45, 7) is 2.00. The van der Waals surface area contributed by atoms with E-state index >= 15 is 0 Å². The van der Waals surface area contributed by atoms with Crippen molar-refractivity contribution in [2.24, 2.45) is 12.9 Å². The van der Waals surface area contributed by atoms with Crippen LogP contribution >= 0.6 is 27.3 Å². The van der Waals surface area contributed by atoms with Crippen molar-refractivity contribution in [1.29, 1.82) is 0 Å². The van der Waals surface area contributed by atoms with Crippen molar-refractivity contribution in [3.8, 4) is 0 Å². The summed E-state index contributed by atoms with van der Waals surface area (Å²) in [6.07, 6.45) is 1.79. The summed E-state index contributed by atoms with van der Waals surface area (Å²) < 4.78 is 2.99. The molecule has 0 aliphatic rings. The predicted molar refractivity (Wildman–Crippen MR) is 78.5 cm³/mol. The lowest BCUT2D eigenvalue weighted by Gasteiger charge is -2.15. The number of halogens is 1. The van der Waals surface area contributed by atoms with E-state index < -0.39 is 0 Å². The number of nitrogens with one attached hydrogen (secondary N) is 1. The molecule has 0 amide bonds. The van der Waals surface area contributed by atoms with E-state index in [1.165, 1.54) is 10.6 Å². The van der Waals surface area contributed by atoms with E-state index in [0.717, 1.165) is 23.0 Å². The SMILES string of the molecule is Cc1nn(C)c(CC(Cc2cccs2)NN)c1Br. The molecule has 98 valence electrons. The quantitative estimate of drug-likeness (QED) is 0.653. The fourth-order valence-corrected chi connectivity index (χ4v) is 3.28. The Kier molecular flexibility index (Phi) is 4.55. The second-order valence-electron chi connectivity index (χ2n) is 4.32. The van der Waals surface area contributed by atoms with Gasteiger partial charge in [-0.1, -0.05) is 6.07 Å². The number of aromatic nitrogens is 2. The highest BCUT2D eigenvalue weighted by atomic mass is 79.9. The summed E-state index contributed by atoms with van der Waals surface area (Å²) in [5.74, 6) is 5.65. The Labute approximate surface area is 119 Å². The lowest BCUT2D eigenvalue weighted by Crippen LogP contribution is -2.38. The number of thiophene rings is 1. The fourth-order valence-electron chi connectivity index (χ4n) is 2.00. The fraction of sp³-hybridized carbons (Fsp3) is 0.417. The minimum atomic E-state index is 0.217. The average molecular weight is 329 g/mol. The minimum Gasteiger partial charge on any atom is -0.271 e. The van der Waals surface area contributed by atoms with Gasteiger partial charge in [0.1, 0.15) is 0 Å². The van der Waals surface area contributed by atoms with Crippen LogP contribution in [0.4, 0.5) is 0 Å². The Morgan fingerprint density at radius 1 is 1.56 bits per heavy atom. The summed E-state index contributed by atoms with van der Waals surface area (Å²) in [5.41, 5.74) is 5.08. The van der Waals surface area contributed by atoms with Crippen LogP contribution in [0.25, 0.3) is 0 Å². The predicted octanol–water partition coefficient (Wildman–Crippen LogP) is 2.17. The molecule has 0 saturated carbocycles. The maximum absolute atomic E-state index is 5.65. The van der Waals surface area contributed by atoms with Crippen molar-refractivity contribution in [1.82, 2.24) is 15.2 Å². The van der Waals surface area contributed by atoms with E-state index in [1.54, 1.807) is 11.3 Å². The van der Waals surface area contributed by atoms with Crippen molar-refractivity contribution in [2.75, 3.05) is 0 Å². The molecule has 2 aromatic heterocycles. The zero-order valence-electron chi connectivity index (χ0n) is 10.5. The first kappa shape index (κ1) is 13.7. The van der Waals surface area contributed by atoms with Crippen LogP contribution in [-0.2, 0) is 19.9 Å². The smallest absolute Gasteiger partial charge is 0.0738 e. The van der Waals surface area contributed by atoms with Gasteiger partial charge in [-0.2, -0.15) is 5.10 Å². The molecule has 0 spiro atoms. The van der Waals surface area contributed by atoms with Gasteiger partial charge in [-0.3, -0.25) is 16.0 Å². The molecule has 0 aliphatic carbocycles. The first-order chi connectivity index (χ1) is 8.61. The molecule has 1 atom stereocenters. The molecule has 0 aliphatic heterocycles. The Hall–Kier alpha value is -0.690. The molecule has 0 radical (unpaired) electrons. The van der Waals surface area contributed by atoms with Gasteiger partial charge in [0.05, 0.1) is 15.9 Å². The van der Waals surface area contributed by atoms with E-state index in [-0.39, 0.29) is 6.04 Å². The third-order valence-corrected chi connectivity index (χ3v) is 4.90. The number of nitrogens with zero attached hydrogens (tertiary/aromatic N) is 2. The van der Waals surface area contributed by atoms with Crippen LogP contribution in [0.3, 0.4) is 0 Å². The van der Waals surface area contributed by atoms with Gasteiger partial charge in [0.2, 0.25) is 0 Å². The molecule has 6 heteroatoms. The van der Waals surface area contributed by atoms with Gasteiger partial charge < -0.3 is 0 Å². The molecule has 2 rings (SSSR count). The highest BCUT2D eigenvalue weighted by Gasteiger charge is 2.16. The Morgan fingerprint density at radius 3 is 2.83 bits per heavy atom.